The smallest absolute Gasteiger partial charge is 0.327 e. The molecule has 2 N–H and O–H groups in total. The number of carboxylic acids is 1. The summed E-state index contributed by atoms with van der Waals surface area (Å²) in [5.41, 5.74) is 0.688. The molecule has 0 saturated carbocycles. The van der Waals surface area contributed by atoms with E-state index in [1.54, 1.807) is 19.9 Å². The van der Waals surface area contributed by atoms with E-state index in [0.717, 1.165) is 10.8 Å². The van der Waals surface area contributed by atoms with Gasteiger partial charge in [0, 0.05) is 0 Å². The van der Waals surface area contributed by atoms with Gasteiger partial charge in [-0.1, -0.05) is 42.5 Å². The number of nitrogens with one attached hydrogen (secondary N) is 1. The molecule has 2 aromatic carbocycles. The Morgan fingerprint density at radius 3 is 2.27 bits per heavy atom. The SMILES string of the molecule is CCOC(=O)C[C@H](C(=O)OCC)[C@H](NC(=O)Cc1ccc2ccccc2c1)C(=O)O. The summed E-state index contributed by atoms with van der Waals surface area (Å²) in [7, 11) is 0. The van der Waals surface area contributed by atoms with Gasteiger partial charge in [-0.15, -0.1) is 0 Å². The number of hydrogen-bond acceptors (Lipinski definition) is 6. The zero-order chi connectivity index (χ0) is 22.1. The number of esters is 2. The van der Waals surface area contributed by atoms with E-state index in [1.807, 2.05) is 36.4 Å². The highest BCUT2D eigenvalue weighted by molar-refractivity contribution is 5.91. The molecule has 0 heterocycles. The van der Waals surface area contributed by atoms with E-state index < -0.39 is 42.2 Å². The molecule has 0 aliphatic carbocycles. The van der Waals surface area contributed by atoms with Gasteiger partial charge in [-0.25, -0.2) is 4.79 Å². The number of rotatable bonds is 10. The van der Waals surface area contributed by atoms with Crippen LogP contribution in [0.1, 0.15) is 25.8 Å². The first-order chi connectivity index (χ1) is 14.3. The molecule has 0 radical (unpaired) electrons. The standard InChI is InChI=1S/C22H25NO7/c1-3-29-19(25)13-17(22(28)30-4-2)20(21(26)27)23-18(24)12-14-9-10-15-7-5-6-8-16(15)11-14/h5-11,17,20H,3-4,12-13H2,1-2H3,(H,23,24)(H,26,27)/t17-,20-/m0/s1. The Morgan fingerprint density at radius 2 is 1.63 bits per heavy atom. The lowest BCUT2D eigenvalue weighted by Crippen LogP contribution is -2.50. The first-order valence-electron chi connectivity index (χ1n) is 9.67. The van der Waals surface area contributed by atoms with E-state index in [4.69, 9.17) is 9.47 Å². The molecule has 2 aromatic rings. The predicted molar refractivity (Wildman–Crippen MR) is 109 cm³/mol. The molecular weight excluding hydrogens is 390 g/mol. The number of aliphatic carboxylic acids is 1. The number of ether oxygens (including phenoxy) is 2. The second-order valence-corrected chi connectivity index (χ2v) is 6.61. The van der Waals surface area contributed by atoms with Gasteiger partial charge in [0.2, 0.25) is 5.91 Å². The van der Waals surface area contributed by atoms with Crippen molar-refractivity contribution in [1.29, 1.82) is 0 Å². The van der Waals surface area contributed by atoms with Gasteiger partial charge in [0.05, 0.1) is 32.0 Å². The molecular formula is C22H25NO7. The van der Waals surface area contributed by atoms with E-state index in [1.165, 1.54) is 0 Å². The van der Waals surface area contributed by atoms with Crippen LogP contribution in [-0.2, 0) is 35.1 Å². The summed E-state index contributed by atoms with van der Waals surface area (Å²) in [6.07, 6.45) is -0.594. The molecule has 0 saturated heterocycles. The molecule has 8 heteroatoms. The molecule has 0 bridgehead atoms. The molecule has 0 unspecified atom stereocenters. The van der Waals surface area contributed by atoms with Crippen LogP contribution in [0.25, 0.3) is 10.8 Å². The van der Waals surface area contributed by atoms with E-state index in [9.17, 15) is 24.3 Å². The Labute approximate surface area is 174 Å². The highest BCUT2D eigenvalue weighted by atomic mass is 16.5. The summed E-state index contributed by atoms with van der Waals surface area (Å²) >= 11 is 0. The number of carbonyl (C=O) groups excluding carboxylic acids is 3. The number of carboxylic acid groups (broad SMARTS) is 1. The summed E-state index contributed by atoms with van der Waals surface area (Å²) in [6.45, 7) is 3.25. The summed E-state index contributed by atoms with van der Waals surface area (Å²) < 4.78 is 9.72. The van der Waals surface area contributed by atoms with Crippen LogP contribution < -0.4 is 5.32 Å². The molecule has 0 aliphatic heterocycles. The largest absolute Gasteiger partial charge is 0.480 e. The molecule has 0 fully saturated rings. The van der Waals surface area contributed by atoms with Gasteiger partial charge in [-0.05, 0) is 30.2 Å². The maximum Gasteiger partial charge on any atom is 0.327 e. The van der Waals surface area contributed by atoms with Crippen molar-refractivity contribution in [2.75, 3.05) is 13.2 Å². The van der Waals surface area contributed by atoms with E-state index >= 15 is 0 Å². The number of fused-ring (bicyclic) bond motifs is 1. The molecule has 0 aromatic heterocycles. The highest BCUT2D eigenvalue weighted by Gasteiger charge is 2.38. The van der Waals surface area contributed by atoms with Crippen molar-refractivity contribution in [2.45, 2.75) is 32.7 Å². The molecule has 2 atom stereocenters. The Balaban J connectivity index is 2.16. The minimum absolute atomic E-state index is 0.00946. The van der Waals surface area contributed by atoms with Gasteiger partial charge in [-0.3, -0.25) is 14.4 Å². The lowest BCUT2D eigenvalue weighted by Gasteiger charge is -2.23. The lowest BCUT2D eigenvalue weighted by molar-refractivity contribution is -0.160. The second kappa shape index (κ2) is 10.9. The maximum absolute atomic E-state index is 12.5. The number of amides is 1. The maximum atomic E-state index is 12.5. The molecule has 0 aliphatic rings. The van der Waals surface area contributed by atoms with Crippen molar-refractivity contribution in [3.05, 3.63) is 48.0 Å². The molecule has 0 spiro atoms. The van der Waals surface area contributed by atoms with Gasteiger partial charge in [0.15, 0.2) is 0 Å². The van der Waals surface area contributed by atoms with Crippen LogP contribution >= 0.6 is 0 Å². The summed E-state index contributed by atoms with van der Waals surface area (Å²) in [5, 5.41) is 13.9. The monoisotopic (exact) mass is 415 g/mol. The van der Waals surface area contributed by atoms with Crippen LogP contribution in [0.4, 0.5) is 0 Å². The molecule has 2 rings (SSSR count). The third kappa shape index (κ3) is 6.30. The van der Waals surface area contributed by atoms with E-state index in [2.05, 4.69) is 5.32 Å². The third-order valence-corrected chi connectivity index (χ3v) is 4.44. The van der Waals surface area contributed by atoms with Gasteiger partial charge >= 0.3 is 17.9 Å². The van der Waals surface area contributed by atoms with Crippen molar-refractivity contribution in [3.63, 3.8) is 0 Å². The van der Waals surface area contributed by atoms with Gasteiger partial charge in [0.25, 0.3) is 0 Å². The third-order valence-electron chi connectivity index (χ3n) is 4.44. The first-order valence-corrected chi connectivity index (χ1v) is 9.67. The molecule has 1 amide bonds. The number of hydrogen-bond donors (Lipinski definition) is 2. The summed E-state index contributed by atoms with van der Waals surface area (Å²) in [4.78, 5) is 48.4. The van der Waals surface area contributed by atoms with E-state index in [0.29, 0.717) is 5.56 Å². The van der Waals surface area contributed by atoms with Crippen molar-refractivity contribution < 1.29 is 33.8 Å². The highest BCUT2D eigenvalue weighted by Crippen LogP contribution is 2.17. The minimum atomic E-state index is -1.62. The van der Waals surface area contributed by atoms with Crippen molar-refractivity contribution in [1.82, 2.24) is 5.32 Å². The average molecular weight is 415 g/mol. The minimum Gasteiger partial charge on any atom is -0.480 e. The fraction of sp³-hybridized carbons (Fsp3) is 0.364. The Kier molecular flexibility index (Phi) is 8.34. The predicted octanol–water partition coefficient (Wildman–Crippen LogP) is 2.08. The van der Waals surface area contributed by atoms with E-state index in [-0.39, 0.29) is 19.6 Å². The van der Waals surface area contributed by atoms with Crippen molar-refractivity contribution in [2.24, 2.45) is 5.92 Å². The Bertz CT molecular complexity index is 925. The second-order valence-electron chi connectivity index (χ2n) is 6.61. The first kappa shape index (κ1) is 22.9. The van der Waals surface area contributed by atoms with Gasteiger partial charge < -0.3 is 19.9 Å². The van der Waals surface area contributed by atoms with Crippen LogP contribution in [0.3, 0.4) is 0 Å². The summed E-state index contributed by atoms with van der Waals surface area (Å²) in [6, 6.07) is 11.5. The van der Waals surface area contributed by atoms with Crippen LogP contribution in [0.15, 0.2) is 42.5 Å². The summed E-state index contributed by atoms with van der Waals surface area (Å²) in [5.74, 6) is -5.06. The number of carbonyl (C=O) groups is 4. The average Bonchev–Trinajstić information content (AvgIpc) is 2.70. The number of benzene rings is 2. The molecule has 8 nitrogen and oxygen atoms in total. The van der Waals surface area contributed by atoms with Crippen LogP contribution in [0.2, 0.25) is 0 Å². The van der Waals surface area contributed by atoms with Crippen molar-refractivity contribution in [3.8, 4) is 0 Å². The fourth-order valence-electron chi connectivity index (χ4n) is 3.08. The van der Waals surface area contributed by atoms with Gasteiger partial charge in [0.1, 0.15) is 6.04 Å². The molecule has 160 valence electrons. The van der Waals surface area contributed by atoms with Crippen molar-refractivity contribution >= 4 is 34.6 Å². The lowest BCUT2D eigenvalue weighted by atomic mass is 9.95. The normalized spacial score (nSPS) is 12.6. The topological polar surface area (TPSA) is 119 Å². The van der Waals surface area contributed by atoms with Crippen LogP contribution in [-0.4, -0.2) is 48.2 Å². The quantitative estimate of drug-likeness (QED) is 0.570. The van der Waals surface area contributed by atoms with Crippen LogP contribution in [0, 0.1) is 5.92 Å². The molecule has 30 heavy (non-hydrogen) atoms. The zero-order valence-electron chi connectivity index (χ0n) is 16.9. The fourth-order valence-corrected chi connectivity index (χ4v) is 3.08. The van der Waals surface area contributed by atoms with Gasteiger partial charge in [-0.2, -0.15) is 0 Å². The zero-order valence-corrected chi connectivity index (χ0v) is 16.9. The Morgan fingerprint density at radius 1 is 0.967 bits per heavy atom. The Hall–Kier alpha value is -3.42. The van der Waals surface area contributed by atoms with Crippen LogP contribution in [0.5, 0.6) is 0 Å².